The number of nitrogens with one attached hydrogen (secondary N) is 1. The first-order valence-electron chi connectivity index (χ1n) is 10.9. The molecule has 0 radical (unpaired) electrons. The van der Waals surface area contributed by atoms with Gasteiger partial charge in [-0.3, -0.25) is 14.3 Å². The van der Waals surface area contributed by atoms with Crippen LogP contribution in [0.1, 0.15) is 51.3 Å². The lowest BCUT2D eigenvalue weighted by atomic mass is 9.48. The quantitative estimate of drug-likeness (QED) is 0.290. The highest BCUT2D eigenvalue weighted by Crippen LogP contribution is 2.60. The van der Waals surface area contributed by atoms with Gasteiger partial charge >= 0.3 is 5.69 Å². The highest BCUT2D eigenvalue weighted by Gasteiger charge is 2.50. The molecule has 2 bridgehead atoms. The van der Waals surface area contributed by atoms with Gasteiger partial charge in [-0.25, -0.2) is 9.69 Å². The van der Waals surface area contributed by atoms with Crippen LogP contribution in [0, 0.1) is 24.2 Å². The van der Waals surface area contributed by atoms with Crippen LogP contribution >= 0.6 is 7.15 Å². The zero-order valence-corrected chi connectivity index (χ0v) is 20.2. The maximum absolute atomic E-state index is 12.1. The molecular formula is C21H31N2O7PS. The minimum atomic E-state index is -3.49. The van der Waals surface area contributed by atoms with Crippen molar-refractivity contribution in [2.75, 3.05) is 13.2 Å². The summed E-state index contributed by atoms with van der Waals surface area (Å²) < 4.78 is 17.9. The standard InChI is InChI=1S/C21H31N2O7PS/c1-12-10-23(20(26)22-19(12)25)18-9-16(24)17(30-18)11-29-31(27,32)28-7-6-13-4-5-14-8-15(13)21(14,2)3/h4,10,14-18,24H,5-9,11H2,1-3H3,(H,27,32)(H,22,25,26)/t14-,15-,16-,17+,18+,31?/m0/s1. The third-order valence-corrected chi connectivity index (χ3v) is 8.91. The zero-order valence-electron chi connectivity index (χ0n) is 18.5. The fourth-order valence-electron chi connectivity index (χ4n) is 5.08. The molecule has 1 aliphatic heterocycles. The minimum absolute atomic E-state index is 0.140. The number of aryl methyl sites for hydroxylation is 1. The Labute approximate surface area is 192 Å². The molecule has 4 aliphatic rings. The number of fused-ring (bicyclic) bond motifs is 1. The van der Waals surface area contributed by atoms with E-state index in [0.717, 1.165) is 12.3 Å². The molecule has 5 rings (SSSR count). The van der Waals surface area contributed by atoms with Crippen LogP contribution in [0.5, 0.6) is 0 Å². The van der Waals surface area contributed by atoms with Crippen LogP contribution in [0.15, 0.2) is 27.4 Å². The topological polar surface area (TPSA) is 123 Å². The summed E-state index contributed by atoms with van der Waals surface area (Å²) in [6.07, 6.45) is 4.39. The third kappa shape index (κ3) is 4.78. The number of hydrogen-bond acceptors (Lipinski definition) is 8. The van der Waals surface area contributed by atoms with Gasteiger partial charge in [-0.15, -0.1) is 0 Å². The molecule has 9 nitrogen and oxygen atoms in total. The normalized spacial score (nSPS) is 32.8. The first-order chi connectivity index (χ1) is 15.0. The van der Waals surface area contributed by atoms with Crippen molar-refractivity contribution in [2.24, 2.45) is 17.3 Å². The lowest BCUT2D eigenvalue weighted by molar-refractivity contribution is -0.0441. The fourth-order valence-corrected chi connectivity index (χ4v) is 6.22. The predicted octanol–water partition coefficient (Wildman–Crippen LogP) is 2.13. The van der Waals surface area contributed by atoms with Crippen LogP contribution in [0.2, 0.25) is 0 Å². The second kappa shape index (κ2) is 8.98. The van der Waals surface area contributed by atoms with Gasteiger partial charge in [-0.05, 0) is 43.4 Å². The van der Waals surface area contributed by atoms with Crippen molar-refractivity contribution in [3.8, 4) is 0 Å². The van der Waals surface area contributed by atoms with Gasteiger partial charge in [0, 0.05) is 18.2 Å². The Hall–Kier alpha value is -1.00. The molecule has 11 heteroatoms. The van der Waals surface area contributed by atoms with E-state index in [1.165, 1.54) is 22.8 Å². The highest BCUT2D eigenvalue weighted by atomic mass is 32.7. The van der Waals surface area contributed by atoms with Crippen LogP contribution in [0.3, 0.4) is 0 Å². The van der Waals surface area contributed by atoms with E-state index in [1.54, 1.807) is 6.92 Å². The summed E-state index contributed by atoms with van der Waals surface area (Å²) in [5.41, 5.74) is 0.973. The van der Waals surface area contributed by atoms with Gasteiger partial charge in [-0.1, -0.05) is 25.5 Å². The number of aromatic nitrogens is 2. The predicted molar refractivity (Wildman–Crippen MR) is 122 cm³/mol. The van der Waals surface area contributed by atoms with Gasteiger partial charge in [0.05, 0.1) is 12.7 Å². The number of rotatable bonds is 8. The van der Waals surface area contributed by atoms with E-state index in [4.69, 9.17) is 26.0 Å². The van der Waals surface area contributed by atoms with Gasteiger partial charge in [0.1, 0.15) is 18.9 Å². The Morgan fingerprint density at radius 1 is 1.34 bits per heavy atom. The number of ether oxygens (including phenoxy) is 1. The lowest BCUT2D eigenvalue weighted by Gasteiger charge is -2.56. The number of allylic oxidation sites excluding steroid dienone is 1. The highest BCUT2D eigenvalue weighted by molar-refractivity contribution is 8.35. The maximum Gasteiger partial charge on any atom is 0.330 e. The van der Waals surface area contributed by atoms with E-state index in [-0.39, 0.29) is 19.6 Å². The maximum atomic E-state index is 12.1. The average Bonchev–Trinajstić information content (AvgIpc) is 3.09. The lowest BCUT2D eigenvalue weighted by Crippen LogP contribution is -2.48. The number of aliphatic hydroxyl groups is 1. The van der Waals surface area contributed by atoms with Crippen molar-refractivity contribution in [2.45, 2.75) is 64.9 Å². The van der Waals surface area contributed by atoms with Gasteiger partial charge in [-0.2, -0.15) is 9.05 Å². The molecule has 0 amide bonds. The molecule has 2 fully saturated rings. The van der Waals surface area contributed by atoms with Gasteiger partial charge < -0.3 is 22.1 Å². The van der Waals surface area contributed by atoms with Crippen LogP contribution in [-0.2, 0) is 26.0 Å². The Morgan fingerprint density at radius 3 is 2.78 bits per heavy atom. The average molecular weight is 487 g/mol. The Balaban J connectivity index is 1.26. The number of H-pyrrole nitrogens is 1. The molecule has 1 aromatic heterocycles. The number of aliphatic hydroxyl groups excluding tert-OH is 1. The second-order valence-electron chi connectivity index (χ2n) is 9.58. The van der Waals surface area contributed by atoms with Crippen molar-refractivity contribution in [3.63, 3.8) is 0 Å². The van der Waals surface area contributed by atoms with Crippen molar-refractivity contribution >= 4 is 19.4 Å². The molecule has 3 aliphatic carbocycles. The Morgan fingerprint density at radius 2 is 2.09 bits per heavy atom. The third-order valence-electron chi connectivity index (χ3n) is 7.29. The summed E-state index contributed by atoms with van der Waals surface area (Å²) >= 11 is 5.11. The first-order valence-corrected chi connectivity index (χ1v) is 13.5. The summed E-state index contributed by atoms with van der Waals surface area (Å²) in [4.78, 5) is 36.2. The number of aromatic amines is 1. The van der Waals surface area contributed by atoms with Crippen LogP contribution < -0.4 is 11.2 Å². The summed E-state index contributed by atoms with van der Waals surface area (Å²) in [5, 5.41) is 10.3. The van der Waals surface area contributed by atoms with Crippen LogP contribution in [0.25, 0.3) is 0 Å². The molecule has 6 atom stereocenters. The minimum Gasteiger partial charge on any atom is -0.459 e. The smallest absolute Gasteiger partial charge is 0.330 e. The van der Waals surface area contributed by atoms with E-state index >= 15 is 0 Å². The molecule has 1 aromatic rings. The largest absolute Gasteiger partial charge is 0.459 e. The molecule has 0 spiro atoms. The van der Waals surface area contributed by atoms with Crippen LogP contribution in [-0.4, -0.2) is 45.0 Å². The number of hydrogen-bond donors (Lipinski definition) is 3. The molecule has 0 aromatic carbocycles. The molecule has 1 saturated carbocycles. The summed E-state index contributed by atoms with van der Waals surface area (Å²) in [5.74, 6) is 1.34. The van der Waals surface area contributed by atoms with Gasteiger partial charge in [0.2, 0.25) is 0 Å². The molecule has 1 unspecified atom stereocenters. The van der Waals surface area contributed by atoms with E-state index in [9.17, 15) is 19.6 Å². The van der Waals surface area contributed by atoms with Gasteiger partial charge in [0.25, 0.3) is 12.7 Å². The molecule has 178 valence electrons. The molecular weight excluding hydrogens is 455 g/mol. The summed E-state index contributed by atoms with van der Waals surface area (Å²) in [6.45, 7) is 6.31. The van der Waals surface area contributed by atoms with Crippen molar-refractivity contribution < 1.29 is 23.8 Å². The molecule has 1 saturated heterocycles. The molecule has 3 N–H and O–H groups in total. The zero-order chi connectivity index (χ0) is 23.3. The fraction of sp³-hybridized carbons (Fsp3) is 0.714. The number of nitrogens with zero attached hydrogens (tertiary/aromatic N) is 1. The second-order valence-corrected chi connectivity index (χ2v) is 12.4. The van der Waals surface area contributed by atoms with Crippen molar-refractivity contribution in [3.05, 3.63) is 44.2 Å². The monoisotopic (exact) mass is 486 g/mol. The van der Waals surface area contributed by atoms with Crippen molar-refractivity contribution in [1.29, 1.82) is 0 Å². The summed E-state index contributed by atoms with van der Waals surface area (Å²) in [7, 11) is -3.49. The molecule has 32 heavy (non-hydrogen) atoms. The Bertz CT molecular complexity index is 1000. The van der Waals surface area contributed by atoms with Crippen molar-refractivity contribution in [1.82, 2.24) is 9.55 Å². The van der Waals surface area contributed by atoms with E-state index in [0.29, 0.717) is 23.3 Å². The summed E-state index contributed by atoms with van der Waals surface area (Å²) in [6, 6.07) is 0. The van der Waals surface area contributed by atoms with E-state index in [2.05, 4.69) is 24.9 Å². The Kier molecular flexibility index (Phi) is 6.77. The van der Waals surface area contributed by atoms with E-state index in [1.807, 2.05) is 0 Å². The SMILES string of the molecule is Cc1cn([C@H]2C[C@H](O)[C@@H](CO[P+](O)([S-])OCCC3=CC[C@H]4C[C@@H]3C4(C)C)O2)c(=O)[nH]c1=O. The van der Waals surface area contributed by atoms with E-state index < -0.39 is 36.8 Å². The first kappa shape index (κ1) is 24.1. The van der Waals surface area contributed by atoms with Gasteiger partial charge in [0.15, 0.2) is 0 Å². The van der Waals surface area contributed by atoms with Crippen LogP contribution in [0.4, 0.5) is 0 Å². The molecule has 2 heterocycles.